The fourth-order valence-corrected chi connectivity index (χ4v) is 1.93. The zero-order chi connectivity index (χ0) is 13.4. The SMILES string of the molecule is Cc1ccc2c(-c3ccc(F)cc3F)ncnc2n1. The Labute approximate surface area is 108 Å². The second-order valence-corrected chi connectivity index (χ2v) is 4.17. The molecule has 1 aromatic carbocycles. The number of hydrogen-bond acceptors (Lipinski definition) is 3. The van der Waals surface area contributed by atoms with Crippen molar-refractivity contribution < 1.29 is 8.78 Å². The van der Waals surface area contributed by atoms with Gasteiger partial charge in [-0.15, -0.1) is 0 Å². The van der Waals surface area contributed by atoms with E-state index in [2.05, 4.69) is 15.0 Å². The highest BCUT2D eigenvalue weighted by atomic mass is 19.1. The largest absolute Gasteiger partial charge is 0.235 e. The van der Waals surface area contributed by atoms with Gasteiger partial charge in [0.25, 0.3) is 0 Å². The van der Waals surface area contributed by atoms with E-state index in [4.69, 9.17) is 0 Å². The number of rotatable bonds is 1. The first-order chi connectivity index (χ1) is 9.15. The van der Waals surface area contributed by atoms with Gasteiger partial charge in [-0.1, -0.05) is 0 Å². The summed E-state index contributed by atoms with van der Waals surface area (Å²) in [6, 6.07) is 7.00. The molecular formula is C14H9F2N3. The van der Waals surface area contributed by atoms with Crippen molar-refractivity contribution in [1.82, 2.24) is 15.0 Å². The monoisotopic (exact) mass is 257 g/mol. The van der Waals surface area contributed by atoms with Crippen LogP contribution in [0.5, 0.6) is 0 Å². The molecule has 3 aromatic rings. The molecule has 0 N–H and O–H groups in total. The Morgan fingerprint density at radius 2 is 1.84 bits per heavy atom. The predicted molar refractivity (Wildman–Crippen MR) is 67.4 cm³/mol. The minimum Gasteiger partial charge on any atom is -0.235 e. The lowest BCUT2D eigenvalue weighted by molar-refractivity contribution is 0.585. The van der Waals surface area contributed by atoms with Crippen LogP contribution in [0, 0.1) is 18.6 Å². The normalized spacial score (nSPS) is 10.9. The molecular weight excluding hydrogens is 248 g/mol. The standard InChI is InChI=1S/C14H9F2N3/c1-8-2-4-11-13(17-7-18-14(11)19-8)10-5-3-9(15)6-12(10)16/h2-7H,1H3. The first-order valence-corrected chi connectivity index (χ1v) is 5.69. The van der Waals surface area contributed by atoms with Crippen LogP contribution in [0.1, 0.15) is 5.69 Å². The van der Waals surface area contributed by atoms with Crippen LogP contribution in [0.3, 0.4) is 0 Å². The van der Waals surface area contributed by atoms with Crippen molar-refractivity contribution in [2.45, 2.75) is 6.92 Å². The highest BCUT2D eigenvalue weighted by Gasteiger charge is 2.12. The summed E-state index contributed by atoms with van der Waals surface area (Å²) in [6.07, 6.45) is 1.33. The third kappa shape index (κ3) is 2.03. The number of pyridine rings is 1. The molecule has 0 saturated carbocycles. The van der Waals surface area contributed by atoms with E-state index in [-0.39, 0.29) is 5.56 Å². The summed E-state index contributed by atoms with van der Waals surface area (Å²) in [5, 5.41) is 0.638. The molecule has 0 amide bonds. The molecule has 0 aliphatic rings. The minimum atomic E-state index is -0.652. The lowest BCUT2D eigenvalue weighted by Gasteiger charge is -2.06. The molecule has 0 fully saturated rings. The minimum absolute atomic E-state index is 0.236. The van der Waals surface area contributed by atoms with Crippen molar-refractivity contribution in [3.8, 4) is 11.3 Å². The van der Waals surface area contributed by atoms with E-state index < -0.39 is 11.6 Å². The maximum absolute atomic E-state index is 13.8. The Kier molecular flexibility index (Phi) is 2.67. The second-order valence-electron chi connectivity index (χ2n) is 4.17. The molecule has 0 aliphatic carbocycles. The summed E-state index contributed by atoms with van der Waals surface area (Å²) in [6.45, 7) is 1.85. The molecule has 5 heteroatoms. The molecule has 94 valence electrons. The lowest BCUT2D eigenvalue weighted by Crippen LogP contribution is -1.95. The van der Waals surface area contributed by atoms with Gasteiger partial charge in [-0.05, 0) is 31.2 Å². The van der Waals surface area contributed by atoms with Gasteiger partial charge in [0.2, 0.25) is 0 Å². The number of nitrogens with zero attached hydrogens (tertiary/aromatic N) is 3. The Morgan fingerprint density at radius 3 is 2.63 bits per heavy atom. The van der Waals surface area contributed by atoms with Crippen molar-refractivity contribution in [3.05, 3.63) is 54.0 Å². The first kappa shape index (κ1) is 11.6. The van der Waals surface area contributed by atoms with E-state index in [1.807, 2.05) is 6.92 Å². The number of aromatic nitrogens is 3. The lowest BCUT2D eigenvalue weighted by atomic mass is 10.1. The molecule has 0 unspecified atom stereocenters. The van der Waals surface area contributed by atoms with E-state index in [1.165, 1.54) is 18.5 Å². The molecule has 0 spiro atoms. The molecule has 19 heavy (non-hydrogen) atoms. The number of aryl methyl sites for hydroxylation is 1. The molecule has 0 bridgehead atoms. The van der Waals surface area contributed by atoms with E-state index in [0.29, 0.717) is 16.7 Å². The van der Waals surface area contributed by atoms with Crippen LogP contribution < -0.4 is 0 Å². The third-order valence-corrected chi connectivity index (χ3v) is 2.82. The Morgan fingerprint density at radius 1 is 1.00 bits per heavy atom. The van der Waals surface area contributed by atoms with E-state index in [0.717, 1.165) is 11.8 Å². The molecule has 3 rings (SSSR count). The third-order valence-electron chi connectivity index (χ3n) is 2.82. The maximum Gasteiger partial charge on any atom is 0.163 e. The van der Waals surface area contributed by atoms with E-state index in [1.54, 1.807) is 12.1 Å². The van der Waals surface area contributed by atoms with Crippen LogP contribution in [0.2, 0.25) is 0 Å². The van der Waals surface area contributed by atoms with Gasteiger partial charge in [-0.2, -0.15) is 0 Å². The van der Waals surface area contributed by atoms with Crippen molar-refractivity contribution >= 4 is 11.0 Å². The summed E-state index contributed by atoms with van der Waals surface area (Å²) >= 11 is 0. The Hall–Kier alpha value is -2.43. The highest BCUT2D eigenvalue weighted by molar-refractivity contribution is 5.90. The molecule has 0 aliphatic heterocycles. The summed E-state index contributed by atoms with van der Waals surface area (Å²) < 4.78 is 26.8. The van der Waals surface area contributed by atoms with Gasteiger partial charge in [0, 0.05) is 22.7 Å². The Bertz CT molecular complexity index is 772. The van der Waals surface area contributed by atoms with Gasteiger partial charge in [0.15, 0.2) is 5.65 Å². The molecule has 2 heterocycles. The fourth-order valence-electron chi connectivity index (χ4n) is 1.93. The van der Waals surface area contributed by atoms with Gasteiger partial charge >= 0.3 is 0 Å². The van der Waals surface area contributed by atoms with Gasteiger partial charge in [0.05, 0.1) is 5.69 Å². The summed E-state index contributed by atoms with van der Waals surface area (Å²) in [4.78, 5) is 12.4. The van der Waals surface area contributed by atoms with Gasteiger partial charge in [0.1, 0.15) is 18.0 Å². The predicted octanol–water partition coefficient (Wildman–Crippen LogP) is 3.28. The summed E-state index contributed by atoms with van der Waals surface area (Å²) in [5.74, 6) is -1.27. The quantitative estimate of drug-likeness (QED) is 0.671. The van der Waals surface area contributed by atoms with Crippen molar-refractivity contribution in [3.63, 3.8) is 0 Å². The maximum atomic E-state index is 13.8. The zero-order valence-electron chi connectivity index (χ0n) is 10.1. The van der Waals surface area contributed by atoms with Crippen LogP contribution in [-0.2, 0) is 0 Å². The van der Waals surface area contributed by atoms with Gasteiger partial charge in [-0.3, -0.25) is 0 Å². The molecule has 0 radical (unpaired) electrons. The van der Waals surface area contributed by atoms with Crippen molar-refractivity contribution in [1.29, 1.82) is 0 Å². The number of benzene rings is 1. The number of fused-ring (bicyclic) bond motifs is 1. The molecule has 0 atom stereocenters. The second kappa shape index (κ2) is 4.35. The fraction of sp³-hybridized carbons (Fsp3) is 0.0714. The van der Waals surface area contributed by atoms with Crippen LogP contribution >= 0.6 is 0 Å². The number of halogens is 2. The molecule has 0 saturated heterocycles. The summed E-state index contributed by atoms with van der Waals surface area (Å²) in [7, 11) is 0. The smallest absolute Gasteiger partial charge is 0.163 e. The zero-order valence-corrected chi connectivity index (χ0v) is 10.1. The van der Waals surface area contributed by atoms with Gasteiger partial charge < -0.3 is 0 Å². The van der Waals surface area contributed by atoms with E-state index in [9.17, 15) is 8.78 Å². The first-order valence-electron chi connectivity index (χ1n) is 5.69. The molecule has 3 nitrogen and oxygen atoms in total. The summed E-state index contributed by atoms with van der Waals surface area (Å²) in [5.41, 5.74) is 1.96. The Balaban J connectivity index is 2.30. The number of hydrogen-bond donors (Lipinski definition) is 0. The van der Waals surface area contributed by atoms with Crippen LogP contribution in [0.15, 0.2) is 36.7 Å². The average molecular weight is 257 g/mol. The van der Waals surface area contributed by atoms with Crippen LogP contribution in [0.25, 0.3) is 22.3 Å². The van der Waals surface area contributed by atoms with Crippen molar-refractivity contribution in [2.24, 2.45) is 0 Å². The topological polar surface area (TPSA) is 38.7 Å². The van der Waals surface area contributed by atoms with E-state index >= 15 is 0 Å². The molecule has 2 aromatic heterocycles. The highest BCUT2D eigenvalue weighted by Crippen LogP contribution is 2.27. The van der Waals surface area contributed by atoms with Crippen molar-refractivity contribution in [2.75, 3.05) is 0 Å². The van der Waals surface area contributed by atoms with Crippen LogP contribution in [-0.4, -0.2) is 15.0 Å². The van der Waals surface area contributed by atoms with Crippen LogP contribution in [0.4, 0.5) is 8.78 Å². The average Bonchev–Trinajstić information content (AvgIpc) is 2.38. The van der Waals surface area contributed by atoms with Gasteiger partial charge in [-0.25, -0.2) is 23.7 Å².